The molecule has 9 nitrogen and oxygen atoms in total. The number of alkyl halides is 3. The van der Waals surface area contributed by atoms with Crippen LogP contribution in [0.25, 0.3) is 16.2 Å². The van der Waals surface area contributed by atoms with Crippen LogP contribution >= 0.6 is 11.3 Å². The highest BCUT2D eigenvalue weighted by Gasteiger charge is 2.34. The predicted molar refractivity (Wildman–Crippen MR) is 111 cm³/mol. The molecule has 3 N–H and O–H groups in total. The van der Waals surface area contributed by atoms with Crippen molar-refractivity contribution in [3.63, 3.8) is 0 Å². The van der Waals surface area contributed by atoms with Crippen molar-refractivity contribution in [2.75, 3.05) is 36.5 Å². The highest BCUT2D eigenvalue weighted by atomic mass is 32.2. The fraction of sp³-hybridized carbons (Fsp3) is 0.471. The maximum atomic E-state index is 13.2. The summed E-state index contributed by atoms with van der Waals surface area (Å²) < 4.78 is 66.3. The van der Waals surface area contributed by atoms with Crippen molar-refractivity contribution in [3.05, 3.63) is 24.0 Å². The third-order valence-electron chi connectivity index (χ3n) is 5.02. The van der Waals surface area contributed by atoms with E-state index in [-0.39, 0.29) is 11.5 Å². The smallest absolute Gasteiger partial charge is 0.383 e. The van der Waals surface area contributed by atoms with Crippen LogP contribution in [0.2, 0.25) is 0 Å². The number of imidazole rings is 1. The highest BCUT2D eigenvalue weighted by Crippen LogP contribution is 2.36. The van der Waals surface area contributed by atoms with E-state index in [1.807, 2.05) is 4.90 Å². The summed E-state index contributed by atoms with van der Waals surface area (Å²) in [6.45, 7) is 1.72. The highest BCUT2D eigenvalue weighted by molar-refractivity contribution is 7.88. The lowest BCUT2D eigenvalue weighted by molar-refractivity contribution is -0.137. The molecule has 3 aromatic heterocycles. The molecule has 3 aromatic rings. The standard InChI is InChI=1S/C17H20F3N7O2S2/c1-31(28,29)24-6-10-3-2-4-26(9-10)16-25-27-13(8-23-15(27)30-16)11-5-12(17(18,19)20)14(21)22-7-11/h5,7-8,10,24H,2-4,6,9H2,1H3,(H2,21,22). The summed E-state index contributed by atoms with van der Waals surface area (Å²) in [5, 5.41) is 5.22. The lowest BCUT2D eigenvalue weighted by Crippen LogP contribution is -2.40. The van der Waals surface area contributed by atoms with Gasteiger partial charge in [-0.1, -0.05) is 11.3 Å². The lowest BCUT2D eigenvalue weighted by atomic mass is 9.99. The molecule has 0 amide bonds. The third-order valence-corrected chi connectivity index (χ3v) is 6.69. The van der Waals surface area contributed by atoms with Gasteiger partial charge in [0.2, 0.25) is 20.1 Å². The Kier molecular flexibility index (Phi) is 5.55. The first kappa shape index (κ1) is 21.8. The molecule has 4 heterocycles. The van der Waals surface area contributed by atoms with E-state index in [0.29, 0.717) is 28.9 Å². The summed E-state index contributed by atoms with van der Waals surface area (Å²) in [5.74, 6) is -0.451. The maximum Gasteiger partial charge on any atom is 0.419 e. The normalized spacial score (nSPS) is 18.1. The number of sulfonamides is 1. The van der Waals surface area contributed by atoms with E-state index in [4.69, 9.17) is 5.73 Å². The minimum atomic E-state index is -4.62. The van der Waals surface area contributed by atoms with Gasteiger partial charge in [0.25, 0.3) is 0 Å². The summed E-state index contributed by atoms with van der Waals surface area (Å²) in [6, 6.07) is 0.943. The maximum absolute atomic E-state index is 13.2. The first-order valence-electron chi connectivity index (χ1n) is 9.38. The Morgan fingerprint density at radius 3 is 2.81 bits per heavy atom. The quantitative estimate of drug-likeness (QED) is 0.581. The van der Waals surface area contributed by atoms with Crippen molar-refractivity contribution >= 4 is 37.3 Å². The van der Waals surface area contributed by atoms with Crippen LogP contribution in [0.4, 0.5) is 24.1 Å². The van der Waals surface area contributed by atoms with Gasteiger partial charge < -0.3 is 10.6 Å². The first-order chi connectivity index (χ1) is 14.5. The van der Waals surface area contributed by atoms with Crippen molar-refractivity contribution in [3.8, 4) is 11.3 Å². The molecule has 14 heteroatoms. The van der Waals surface area contributed by atoms with Gasteiger partial charge in [0.15, 0.2) is 0 Å². The van der Waals surface area contributed by atoms with Crippen LogP contribution in [0.5, 0.6) is 0 Å². The number of aromatic nitrogens is 4. The van der Waals surface area contributed by atoms with Gasteiger partial charge in [0.05, 0.1) is 23.7 Å². The second kappa shape index (κ2) is 7.91. The van der Waals surface area contributed by atoms with Crippen molar-refractivity contribution in [1.82, 2.24) is 24.3 Å². The number of anilines is 2. The number of pyridine rings is 1. The number of hydrogen-bond donors (Lipinski definition) is 2. The van der Waals surface area contributed by atoms with Crippen LogP contribution in [0.15, 0.2) is 18.5 Å². The molecule has 4 rings (SSSR count). The number of halogens is 3. The molecule has 1 aliphatic heterocycles. The van der Waals surface area contributed by atoms with E-state index in [1.165, 1.54) is 28.2 Å². The van der Waals surface area contributed by atoms with Crippen LogP contribution in [0.1, 0.15) is 18.4 Å². The molecule has 0 spiro atoms. The Bertz CT molecular complexity index is 1210. The van der Waals surface area contributed by atoms with Crippen molar-refractivity contribution in [1.29, 1.82) is 0 Å². The summed E-state index contributed by atoms with van der Waals surface area (Å²) >= 11 is 1.32. The molecule has 1 atom stereocenters. The van der Waals surface area contributed by atoms with E-state index < -0.39 is 27.6 Å². The second-order valence-electron chi connectivity index (χ2n) is 7.45. The van der Waals surface area contributed by atoms with Gasteiger partial charge in [-0.2, -0.15) is 13.2 Å². The fourth-order valence-electron chi connectivity index (χ4n) is 3.52. The number of hydrogen-bond acceptors (Lipinski definition) is 8. The molecule has 168 valence electrons. The van der Waals surface area contributed by atoms with E-state index in [2.05, 4.69) is 19.8 Å². The Morgan fingerprint density at radius 1 is 1.32 bits per heavy atom. The summed E-state index contributed by atoms with van der Waals surface area (Å²) in [7, 11) is -3.26. The second-order valence-corrected chi connectivity index (χ2v) is 10.2. The Balaban J connectivity index is 1.60. The van der Waals surface area contributed by atoms with Crippen LogP contribution in [-0.2, 0) is 16.2 Å². The number of nitrogens with one attached hydrogen (secondary N) is 1. The molecule has 1 fully saturated rings. The van der Waals surface area contributed by atoms with Crippen molar-refractivity contribution in [2.45, 2.75) is 19.0 Å². The molecule has 0 bridgehead atoms. The van der Waals surface area contributed by atoms with Gasteiger partial charge in [-0.15, -0.1) is 5.10 Å². The van der Waals surface area contributed by atoms with Gasteiger partial charge in [0, 0.05) is 31.4 Å². The third kappa shape index (κ3) is 4.75. The Morgan fingerprint density at radius 2 is 2.10 bits per heavy atom. The zero-order valence-electron chi connectivity index (χ0n) is 16.4. The minimum absolute atomic E-state index is 0.134. The Labute approximate surface area is 180 Å². The van der Waals surface area contributed by atoms with Crippen LogP contribution in [0.3, 0.4) is 0 Å². The molecule has 31 heavy (non-hydrogen) atoms. The number of rotatable bonds is 5. The first-order valence-corrected chi connectivity index (χ1v) is 12.1. The summed E-state index contributed by atoms with van der Waals surface area (Å²) in [5.41, 5.74) is 4.97. The van der Waals surface area contributed by atoms with Crippen molar-refractivity contribution < 1.29 is 21.6 Å². The average molecular weight is 476 g/mol. The van der Waals surface area contributed by atoms with Gasteiger partial charge in [0.1, 0.15) is 5.82 Å². The SMILES string of the molecule is CS(=O)(=O)NCC1CCCN(c2nn3c(-c4cnc(N)c(C(F)(F)F)c4)cnc3s2)C1. The fourth-order valence-corrected chi connectivity index (χ4v) is 4.97. The van der Waals surface area contributed by atoms with Crippen LogP contribution in [-0.4, -0.2) is 53.9 Å². The zero-order valence-corrected chi connectivity index (χ0v) is 18.1. The number of nitrogen functional groups attached to an aromatic ring is 1. The van der Waals surface area contributed by atoms with E-state index in [1.54, 1.807) is 0 Å². The molecule has 1 saturated heterocycles. The number of piperidine rings is 1. The molecule has 0 aliphatic carbocycles. The monoisotopic (exact) mass is 475 g/mol. The van der Waals surface area contributed by atoms with E-state index in [0.717, 1.165) is 31.7 Å². The Hall–Kier alpha value is -2.45. The molecule has 1 unspecified atom stereocenters. The van der Waals surface area contributed by atoms with Crippen molar-refractivity contribution in [2.24, 2.45) is 5.92 Å². The van der Waals surface area contributed by atoms with E-state index in [9.17, 15) is 21.6 Å². The molecule has 0 aromatic carbocycles. The average Bonchev–Trinajstić information content (AvgIpc) is 3.27. The molecular formula is C17H20F3N7O2S2. The van der Waals surface area contributed by atoms with Gasteiger partial charge in [-0.05, 0) is 24.8 Å². The zero-order chi connectivity index (χ0) is 22.4. The van der Waals surface area contributed by atoms with Gasteiger partial charge in [-0.3, -0.25) is 0 Å². The lowest BCUT2D eigenvalue weighted by Gasteiger charge is -2.32. The summed E-state index contributed by atoms with van der Waals surface area (Å²) in [6.07, 6.45) is 0.992. The topological polar surface area (TPSA) is 119 Å². The summed E-state index contributed by atoms with van der Waals surface area (Å²) in [4.78, 5) is 10.5. The van der Waals surface area contributed by atoms with Crippen LogP contribution < -0.4 is 15.4 Å². The molecule has 1 aliphatic rings. The van der Waals surface area contributed by atoms with Gasteiger partial charge >= 0.3 is 6.18 Å². The molecular weight excluding hydrogens is 455 g/mol. The number of nitrogens with zero attached hydrogens (tertiary/aromatic N) is 5. The number of fused-ring (bicyclic) bond motifs is 1. The number of nitrogens with two attached hydrogens (primary N) is 1. The predicted octanol–water partition coefficient (Wildman–Crippen LogP) is 2.22. The largest absolute Gasteiger partial charge is 0.419 e. The van der Waals surface area contributed by atoms with E-state index >= 15 is 0 Å². The molecule has 0 saturated carbocycles. The van der Waals surface area contributed by atoms with Gasteiger partial charge in [-0.25, -0.2) is 27.6 Å². The van der Waals surface area contributed by atoms with Crippen LogP contribution in [0, 0.1) is 5.92 Å². The minimum Gasteiger partial charge on any atom is -0.383 e. The molecule has 0 radical (unpaired) electrons.